The van der Waals surface area contributed by atoms with E-state index in [-0.39, 0.29) is 12.4 Å². The predicted octanol–water partition coefficient (Wildman–Crippen LogP) is 1.95. The second-order valence-electron chi connectivity index (χ2n) is 3.66. The van der Waals surface area contributed by atoms with Gasteiger partial charge in [-0.1, -0.05) is 6.08 Å². The van der Waals surface area contributed by atoms with Crippen molar-refractivity contribution in [2.45, 2.75) is 39.0 Å². The lowest BCUT2D eigenvalue weighted by Crippen LogP contribution is -2.22. The van der Waals surface area contributed by atoms with Gasteiger partial charge in [-0.3, -0.25) is 0 Å². The lowest BCUT2D eigenvalue weighted by atomic mass is 10.3. The molecule has 0 spiro atoms. The van der Waals surface area contributed by atoms with Crippen LogP contribution in [0.1, 0.15) is 20.8 Å². The summed E-state index contributed by atoms with van der Waals surface area (Å²) < 4.78 is 16.6. The van der Waals surface area contributed by atoms with Gasteiger partial charge in [-0.05, 0) is 32.9 Å². The first kappa shape index (κ1) is 8.78. The monoisotopic (exact) mass is 182 g/mol. The molecular weight excluding hydrogens is 168 g/mol. The molecule has 1 unspecified atom stereocenters. The topological polar surface area (TPSA) is 27.7 Å². The number of rotatable bonds is 1. The normalized spacial score (nSPS) is 36.1. The first-order chi connectivity index (χ1) is 6.11. The molecule has 0 amide bonds. The molecule has 0 radical (unpaired) electrons. The standard InChI is InChI=1S/C10H14O3/c1-4-5-7-6-8-9(11-7)13-10(2,3)12-8/h4-6,8-9H,1-3H3/b5-4+/t8?,9-/m1/s1. The number of fused-ring (bicyclic) bond motifs is 1. The van der Waals surface area contributed by atoms with Gasteiger partial charge in [0.05, 0.1) is 0 Å². The second kappa shape index (κ2) is 2.86. The van der Waals surface area contributed by atoms with Gasteiger partial charge in [0.1, 0.15) is 11.9 Å². The van der Waals surface area contributed by atoms with E-state index in [0.717, 1.165) is 5.76 Å². The molecule has 0 aromatic carbocycles. The molecule has 0 aromatic heterocycles. The number of hydrogen-bond donors (Lipinski definition) is 0. The van der Waals surface area contributed by atoms with E-state index in [2.05, 4.69) is 0 Å². The van der Waals surface area contributed by atoms with Crippen LogP contribution in [-0.2, 0) is 14.2 Å². The van der Waals surface area contributed by atoms with Crippen LogP contribution in [0.4, 0.5) is 0 Å². The van der Waals surface area contributed by atoms with E-state index in [0.29, 0.717) is 0 Å². The van der Waals surface area contributed by atoms with Crippen LogP contribution >= 0.6 is 0 Å². The van der Waals surface area contributed by atoms with Crippen LogP contribution < -0.4 is 0 Å². The van der Waals surface area contributed by atoms with Crippen molar-refractivity contribution in [1.82, 2.24) is 0 Å². The fourth-order valence-electron chi connectivity index (χ4n) is 1.56. The fraction of sp³-hybridized carbons (Fsp3) is 0.600. The van der Waals surface area contributed by atoms with E-state index >= 15 is 0 Å². The van der Waals surface area contributed by atoms with E-state index in [1.54, 1.807) is 0 Å². The zero-order chi connectivity index (χ0) is 9.47. The molecule has 2 aliphatic rings. The highest BCUT2D eigenvalue weighted by Crippen LogP contribution is 2.35. The number of allylic oxidation sites excluding steroid dienone is 2. The van der Waals surface area contributed by atoms with Crippen LogP contribution in [0.25, 0.3) is 0 Å². The first-order valence-corrected chi connectivity index (χ1v) is 4.47. The molecule has 2 aliphatic heterocycles. The molecular formula is C10H14O3. The largest absolute Gasteiger partial charge is 0.462 e. The maximum Gasteiger partial charge on any atom is 0.232 e. The maximum absolute atomic E-state index is 5.59. The Hall–Kier alpha value is -0.800. The smallest absolute Gasteiger partial charge is 0.232 e. The van der Waals surface area contributed by atoms with Crippen LogP contribution in [0.5, 0.6) is 0 Å². The van der Waals surface area contributed by atoms with Gasteiger partial charge in [-0.2, -0.15) is 0 Å². The summed E-state index contributed by atoms with van der Waals surface area (Å²) in [6.07, 6.45) is 5.46. The molecule has 0 saturated carbocycles. The van der Waals surface area contributed by atoms with Gasteiger partial charge in [0.2, 0.25) is 6.29 Å². The summed E-state index contributed by atoms with van der Waals surface area (Å²) >= 11 is 0. The molecule has 3 heteroatoms. The average molecular weight is 182 g/mol. The minimum absolute atomic E-state index is 0.0544. The Labute approximate surface area is 78.0 Å². The maximum atomic E-state index is 5.59. The molecule has 2 rings (SSSR count). The van der Waals surface area contributed by atoms with Gasteiger partial charge in [-0.15, -0.1) is 0 Å². The van der Waals surface area contributed by atoms with Crippen LogP contribution in [-0.4, -0.2) is 18.2 Å². The van der Waals surface area contributed by atoms with Crippen molar-refractivity contribution in [3.8, 4) is 0 Å². The number of hydrogen-bond acceptors (Lipinski definition) is 3. The highest BCUT2D eigenvalue weighted by Gasteiger charge is 2.45. The van der Waals surface area contributed by atoms with Crippen molar-refractivity contribution in [3.05, 3.63) is 24.0 Å². The van der Waals surface area contributed by atoms with Crippen LogP contribution in [0.3, 0.4) is 0 Å². The molecule has 1 fully saturated rings. The quantitative estimate of drug-likeness (QED) is 0.620. The van der Waals surface area contributed by atoms with E-state index in [9.17, 15) is 0 Å². The molecule has 1 saturated heterocycles. The molecule has 2 atom stereocenters. The lowest BCUT2D eigenvalue weighted by Gasteiger charge is -2.17. The molecule has 0 bridgehead atoms. The zero-order valence-corrected chi connectivity index (χ0v) is 8.11. The molecule has 3 nitrogen and oxygen atoms in total. The zero-order valence-electron chi connectivity index (χ0n) is 8.11. The highest BCUT2D eigenvalue weighted by molar-refractivity contribution is 5.19. The van der Waals surface area contributed by atoms with Crippen molar-refractivity contribution in [2.24, 2.45) is 0 Å². The second-order valence-corrected chi connectivity index (χ2v) is 3.66. The molecule has 72 valence electrons. The fourth-order valence-corrected chi connectivity index (χ4v) is 1.56. The highest BCUT2D eigenvalue weighted by atomic mass is 16.8. The van der Waals surface area contributed by atoms with E-state index < -0.39 is 5.79 Å². The summed E-state index contributed by atoms with van der Waals surface area (Å²) in [4.78, 5) is 0. The van der Waals surface area contributed by atoms with Crippen LogP contribution in [0.2, 0.25) is 0 Å². The van der Waals surface area contributed by atoms with E-state index in [4.69, 9.17) is 14.2 Å². The molecule has 2 heterocycles. The van der Waals surface area contributed by atoms with Crippen LogP contribution in [0.15, 0.2) is 24.0 Å². The third-order valence-corrected chi connectivity index (χ3v) is 2.00. The van der Waals surface area contributed by atoms with Crippen molar-refractivity contribution in [3.63, 3.8) is 0 Å². The summed E-state index contributed by atoms with van der Waals surface area (Å²) in [7, 11) is 0. The number of ether oxygens (including phenoxy) is 3. The molecule has 0 N–H and O–H groups in total. The summed E-state index contributed by atoms with van der Waals surface area (Å²) in [6, 6.07) is 0. The summed E-state index contributed by atoms with van der Waals surface area (Å²) in [5.74, 6) is 0.306. The van der Waals surface area contributed by atoms with Crippen molar-refractivity contribution >= 4 is 0 Å². The van der Waals surface area contributed by atoms with Crippen molar-refractivity contribution in [1.29, 1.82) is 0 Å². The van der Waals surface area contributed by atoms with Gasteiger partial charge in [-0.25, -0.2) is 0 Å². The van der Waals surface area contributed by atoms with Gasteiger partial charge in [0.25, 0.3) is 0 Å². The third kappa shape index (κ3) is 1.62. The Bertz CT molecular complexity index is 265. The van der Waals surface area contributed by atoms with Gasteiger partial charge in [0, 0.05) is 0 Å². The molecule has 0 aromatic rings. The molecule has 0 aliphatic carbocycles. The minimum Gasteiger partial charge on any atom is -0.462 e. The van der Waals surface area contributed by atoms with Crippen molar-refractivity contribution < 1.29 is 14.2 Å². The average Bonchev–Trinajstić information content (AvgIpc) is 2.41. The summed E-state index contributed by atoms with van der Waals surface area (Å²) in [6.45, 7) is 5.72. The predicted molar refractivity (Wildman–Crippen MR) is 47.8 cm³/mol. The van der Waals surface area contributed by atoms with Crippen LogP contribution in [0, 0.1) is 0 Å². The Morgan fingerprint density at radius 1 is 1.38 bits per heavy atom. The van der Waals surface area contributed by atoms with Gasteiger partial charge >= 0.3 is 0 Å². The van der Waals surface area contributed by atoms with Gasteiger partial charge in [0.15, 0.2) is 5.79 Å². The van der Waals surface area contributed by atoms with Gasteiger partial charge < -0.3 is 14.2 Å². The SMILES string of the molecule is C/C=C/C1=CC2OC(C)(C)O[C@H]2O1. The van der Waals surface area contributed by atoms with E-state index in [1.807, 2.05) is 39.0 Å². The Kier molecular flexibility index (Phi) is 1.93. The summed E-state index contributed by atoms with van der Waals surface area (Å²) in [5, 5.41) is 0. The Morgan fingerprint density at radius 2 is 2.15 bits per heavy atom. The third-order valence-electron chi connectivity index (χ3n) is 2.00. The summed E-state index contributed by atoms with van der Waals surface area (Å²) in [5.41, 5.74) is 0. The first-order valence-electron chi connectivity index (χ1n) is 4.47. The molecule has 13 heavy (non-hydrogen) atoms. The van der Waals surface area contributed by atoms with E-state index in [1.165, 1.54) is 0 Å². The van der Waals surface area contributed by atoms with Crippen molar-refractivity contribution in [2.75, 3.05) is 0 Å². The minimum atomic E-state index is -0.521. The Morgan fingerprint density at radius 3 is 2.77 bits per heavy atom. The Balaban J connectivity index is 2.08. The lowest BCUT2D eigenvalue weighted by molar-refractivity contribution is -0.180.